The predicted octanol–water partition coefficient (Wildman–Crippen LogP) is 3.11. The van der Waals surface area contributed by atoms with E-state index in [0.717, 1.165) is 16.1 Å². The summed E-state index contributed by atoms with van der Waals surface area (Å²) in [5.41, 5.74) is 1.85. The number of aryl methyl sites for hydroxylation is 1. The van der Waals surface area contributed by atoms with Gasteiger partial charge in [0.05, 0.1) is 5.25 Å². The van der Waals surface area contributed by atoms with E-state index < -0.39 is 5.25 Å². The third-order valence-electron chi connectivity index (χ3n) is 3.60. The number of carbonyl (C=O) groups is 1. The van der Waals surface area contributed by atoms with E-state index in [0.29, 0.717) is 16.7 Å². The van der Waals surface area contributed by atoms with Crippen LogP contribution in [0.3, 0.4) is 0 Å². The van der Waals surface area contributed by atoms with Gasteiger partial charge >= 0.3 is 0 Å². The molecule has 0 aliphatic carbocycles. The van der Waals surface area contributed by atoms with Crippen LogP contribution in [0.5, 0.6) is 0 Å². The number of nitrogens with zero attached hydrogens (tertiary/aromatic N) is 3. The van der Waals surface area contributed by atoms with Crippen LogP contribution in [0.1, 0.15) is 18.9 Å². The molecule has 0 spiro atoms. The topological polar surface area (TPSA) is 101 Å². The number of amides is 1. The molecule has 0 aliphatic rings. The number of benzene rings is 1. The average molecular weight is 387 g/mol. The molecular formula is C17H17N5O2S2. The summed E-state index contributed by atoms with van der Waals surface area (Å²) in [4.78, 5) is 30.6. The van der Waals surface area contributed by atoms with E-state index in [9.17, 15) is 9.59 Å². The van der Waals surface area contributed by atoms with Crippen LogP contribution in [-0.4, -0.2) is 31.3 Å². The first-order valence-corrected chi connectivity index (χ1v) is 9.68. The largest absolute Gasteiger partial charge is 0.301 e. The van der Waals surface area contributed by atoms with Crippen molar-refractivity contribution >= 4 is 34.1 Å². The highest BCUT2D eigenvalue weighted by Gasteiger charge is 2.21. The van der Waals surface area contributed by atoms with Gasteiger partial charge in [-0.3, -0.25) is 14.9 Å². The van der Waals surface area contributed by atoms with Gasteiger partial charge in [0.25, 0.3) is 5.56 Å². The van der Waals surface area contributed by atoms with Gasteiger partial charge in [-0.2, -0.15) is 0 Å². The van der Waals surface area contributed by atoms with Crippen molar-refractivity contribution < 1.29 is 4.79 Å². The summed E-state index contributed by atoms with van der Waals surface area (Å²) < 4.78 is 0. The molecule has 26 heavy (non-hydrogen) atoms. The molecule has 1 atom stereocenters. The highest BCUT2D eigenvalue weighted by molar-refractivity contribution is 8.00. The summed E-state index contributed by atoms with van der Waals surface area (Å²) in [6.45, 7) is 3.91. The molecule has 1 aromatic carbocycles. The summed E-state index contributed by atoms with van der Waals surface area (Å²) in [6, 6.07) is 9.22. The average Bonchev–Trinajstić information content (AvgIpc) is 3.08. The second-order valence-electron chi connectivity index (χ2n) is 5.47. The van der Waals surface area contributed by atoms with Crippen LogP contribution < -0.4 is 10.9 Å². The number of aromatic nitrogens is 4. The van der Waals surface area contributed by atoms with Crippen molar-refractivity contribution in [1.82, 2.24) is 20.2 Å². The molecule has 0 bridgehead atoms. The lowest BCUT2D eigenvalue weighted by molar-refractivity contribution is -0.115. The molecule has 1 unspecified atom stereocenters. The number of hydrogen-bond donors (Lipinski definition) is 2. The van der Waals surface area contributed by atoms with Crippen LogP contribution in [0.15, 0.2) is 46.5 Å². The lowest BCUT2D eigenvalue weighted by atomic mass is 10.1. The molecule has 0 fully saturated rings. The quantitative estimate of drug-likeness (QED) is 0.498. The van der Waals surface area contributed by atoms with Crippen LogP contribution in [0.4, 0.5) is 5.13 Å². The standard InChI is InChI=1S/C17H17N5O2S2/c1-3-12(25-16-18-9-8-13(23)19-16)14(24)20-17-22-21-15(26-17)11-7-5-4-6-10(11)2/h4-9,12H,3H2,1-2H3,(H,18,19,23)(H,20,22,24). The van der Waals surface area contributed by atoms with Gasteiger partial charge in [-0.1, -0.05) is 54.3 Å². The molecule has 0 radical (unpaired) electrons. The molecule has 0 saturated heterocycles. The summed E-state index contributed by atoms with van der Waals surface area (Å²) in [6.07, 6.45) is 2.00. The Balaban J connectivity index is 1.71. The second-order valence-corrected chi connectivity index (χ2v) is 7.64. The zero-order valence-corrected chi connectivity index (χ0v) is 15.9. The monoisotopic (exact) mass is 387 g/mol. The van der Waals surface area contributed by atoms with E-state index in [4.69, 9.17) is 0 Å². The second kappa shape index (κ2) is 8.24. The Morgan fingerprint density at radius 3 is 2.85 bits per heavy atom. The fraction of sp³-hybridized carbons (Fsp3) is 0.235. The summed E-state index contributed by atoms with van der Waals surface area (Å²) in [7, 11) is 0. The van der Waals surface area contributed by atoms with Crippen molar-refractivity contribution in [2.24, 2.45) is 0 Å². The molecule has 0 saturated carbocycles. The molecule has 2 N–H and O–H groups in total. The van der Waals surface area contributed by atoms with E-state index in [1.54, 1.807) is 0 Å². The zero-order valence-electron chi connectivity index (χ0n) is 14.2. The first kappa shape index (κ1) is 18.3. The van der Waals surface area contributed by atoms with Crippen molar-refractivity contribution in [3.8, 4) is 10.6 Å². The Morgan fingerprint density at radius 1 is 1.31 bits per heavy atom. The zero-order chi connectivity index (χ0) is 18.5. The number of anilines is 1. The Kier molecular flexibility index (Phi) is 5.79. The first-order chi connectivity index (χ1) is 12.6. The van der Waals surface area contributed by atoms with Crippen LogP contribution in [0.2, 0.25) is 0 Å². The molecule has 3 aromatic rings. The maximum atomic E-state index is 12.5. The molecule has 3 rings (SSSR count). The van der Waals surface area contributed by atoms with Gasteiger partial charge in [0.2, 0.25) is 11.0 Å². The van der Waals surface area contributed by atoms with Crippen molar-refractivity contribution in [2.75, 3.05) is 5.32 Å². The normalized spacial score (nSPS) is 11.9. The van der Waals surface area contributed by atoms with Crippen molar-refractivity contribution in [2.45, 2.75) is 30.7 Å². The van der Waals surface area contributed by atoms with Crippen LogP contribution >= 0.6 is 23.1 Å². The van der Waals surface area contributed by atoms with Crippen molar-refractivity contribution in [1.29, 1.82) is 0 Å². The SMILES string of the molecule is CCC(Sc1nccc(=O)[nH]1)C(=O)Nc1nnc(-c2ccccc2C)s1. The van der Waals surface area contributed by atoms with Gasteiger partial charge in [0.15, 0.2) is 5.16 Å². The highest BCUT2D eigenvalue weighted by Crippen LogP contribution is 2.29. The van der Waals surface area contributed by atoms with Crippen molar-refractivity contribution in [3.05, 3.63) is 52.4 Å². The number of nitrogens with one attached hydrogen (secondary N) is 2. The van der Waals surface area contributed by atoms with Gasteiger partial charge in [-0.15, -0.1) is 10.2 Å². The Bertz CT molecular complexity index is 969. The van der Waals surface area contributed by atoms with Gasteiger partial charge in [0, 0.05) is 17.8 Å². The van der Waals surface area contributed by atoms with Gasteiger partial charge in [-0.25, -0.2) is 4.98 Å². The minimum Gasteiger partial charge on any atom is -0.301 e. The fourth-order valence-electron chi connectivity index (χ4n) is 2.25. The van der Waals surface area contributed by atoms with Crippen LogP contribution in [0, 0.1) is 6.92 Å². The van der Waals surface area contributed by atoms with E-state index >= 15 is 0 Å². The molecule has 7 nitrogen and oxygen atoms in total. The van der Waals surface area contributed by atoms with E-state index in [1.807, 2.05) is 38.1 Å². The number of hydrogen-bond acceptors (Lipinski definition) is 7. The van der Waals surface area contributed by atoms with Crippen LogP contribution in [-0.2, 0) is 4.79 Å². The minimum atomic E-state index is -0.397. The summed E-state index contributed by atoms with van der Waals surface area (Å²) in [5.74, 6) is -0.198. The third-order valence-corrected chi connectivity index (χ3v) is 5.73. The molecule has 1 amide bonds. The maximum Gasteiger partial charge on any atom is 0.251 e. The number of aromatic amines is 1. The summed E-state index contributed by atoms with van der Waals surface area (Å²) in [5, 5.41) is 12.3. The highest BCUT2D eigenvalue weighted by atomic mass is 32.2. The number of thioether (sulfide) groups is 1. The lowest BCUT2D eigenvalue weighted by Gasteiger charge is -2.12. The summed E-state index contributed by atoms with van der Waals surface area (Å²) >= 11 is 2.54. The van der Waals surface area contributed by atoms with Crippen LogP contribution in [0.25, 0.3) is 10.6 Å². The molecule has 2 heterocycles. The number of carbonyl (C=O) groups excluding carboxylic acids is 1. The molecular weight excluding hydrogens is 370 g/mol. The lowest BCUT2D eigenvalue weighted by Crippen LogP contribution is -2.25. The van der Waals surface area contributed by atoms with Gasteiger partial charge in [0.1, 0.15) is 5.01 Å². The fourth-order valence-corrected chi connectivity index (χ4v) is 3.97. The van der Waals surface area contributed by atoms with Gasteiger partial charge in [-0.05, 0) is 18.9 Å². The first-order valence-electron chi connectivity index (χ1n) is 7.99. The van der Waals surface area contributed by atoms with Crippen molar-refractivity contribution in [3.63, 3.8) is 0 Å². The van der Waals surface area contributed by atoms with E-state index in [1.165, 1.54) is 35.4 Å². The molecule has 9 heteroatoms. The Labute approximate surface area is 158 Å². The molecule has 0 aliphatic heterocycles. The number of rotatable bonds is 6. The smallest absolute Gasteiger partial charge is 0.251 e. The van der Waals surface area contributed by atoms with E-state index in [-0.39, 0.29) is 11.5 Å². The van der Waals surface area contributed by atoms with E-state index in [2.05, 4.69) is 25.5 Å². The van der Waals surface area contributed by atoms with Gasteiger partial charge < -0.3 is 4.98 Å². The predicted molar refractivity (Wildman–Crippen MR) is 104 cm³/mol. The third kappa shape index (κ3) is 4.36. The molecule has 2 aromatic heterocycles. The Morgan fingerprint density at radius 2 is 2.12 bits per heavy atom. The number of H-pyrrole nitrogens is 1. The molecule has 134 valence electrons. The Hall–Kier alpha value is -2.52. The maximum absolute atomic E-state index is 12.5. The minimum absolute atomic E-state index is 0.198.